The molecule has 0 aromatic carbocycles. The highest BCUT2D eigenvalue weighted by Crippen LogP contribution is 2.19. The summed E-state index contributed by atoms with van der Waals surface area (Å²) in [7, 11) is 0. The second kappa shape index (κ2) is 4.92. The molecule has 3 aromatic heterocycles. The molecule has 0 saturated heterocycles. The highest BCUT2D eigenvalue weighted by molar-refractivity contribution is 5.74. The van der Waals surface area contributed by atoms with Crippen LogP contribution in [0.3, 0.4) is 0 Å². The Balaban J connectivity index is 2.08. The van der Waals surface area contributed by atoms with E-state index >= 15 is 0 Å². The van der Waals surface area contributed by atoms with E-state index in [-0.39, 0.29) is 0 Å². The first kappa shape index (κ1) is 12.6. The molecule has 0 bridgehead atoms. The summed E-state index contributed by atoms with van der Waals surface area (Å²) in [6.45, 7) is 4.72. The number of nitrogens with two attached hydrogens (primary N) is 1. The van der Waals surface area contributed by atoms with Crippen LogP contribution >= 0.6 is 0 Å². The lowest BCUT2D eigenvalue weighted by molar-refractivity contribution is 0.785. The van der Waals surface area contributed by atoms with E-state index in [9.17, 15) is 0 Å². The fraction of sp³-hybridized carbons (Fsp3) is 0.267. The fourth-order valence-corrected chi connectivity index (χ4v) is 2.37. The molecular weight excluding hydrogens is 250 g/mol. The number of nitrogens with zero attached hydrogens (tertiary/aromatic N) is 4. The Bertz CT molecular complexity index is 760. The summed E-state index contributed by atoms with van der Waals surface area (Å²) in [4.78, 5) is 13.3. The number of anilines is 1. The summed E-state index contributed by atoms with van der Waals surface area (Å²) in [6.07, 6.45) is 4.59. The van der Waals surface area contributed by atoms with Gasteiger partial charge in [-0.1, -0.05) is 13.0 Å². The van der Waals surface area contributed by atoms with Crippen LogP contribution in [0.2, 0.25) is 0 Å². The third-order valence-electron chi connectivity index (χ3n) is 3.42. The molecule has 0 fully saturated rings. The number of hydrogen-bond acceptors (Lipinski definition) is 4. The lowest BCUT2D eigenvalue weighted by Gasteiger charge is -2.09. The molecule has 0 aliphatic heterocycles. The van der Waals surface area contributed by atoms with Crippen LogP contribution in [0.1, 0.15) is 23.7 Å². The first-order valence-electron chi connectivity index (χ1n) is 6.70. The number of nitrogen functional groups attached to an aromatic ring is 1. The average molecular weight is 267 g/mol. The summed E-state index contributed by atoms with van der Waals surface area (Å²) in [5, 5.41) is 0. The lowest BCUT2D eigenvalue weighted by atomic mass is 10.1. The van der Waals surface area contributed by atoms with Gasteiger partial charge in [0.15, 0.2) is 5.65 Å². The van der Waals surface area contributed by atoms with Gasteiger partial charge in [0.2, 0.25) is 5.95 Å². The topological polar surface area (TPSA) is 69.6 Å². The van der Waals surface area contributed by atoms with Crippen LogP contribution in [-0.4, -0.2) is 19.5 Å². The summed E-state index contributed by atoms with van der Waals surface area (Å²) in [5.41, 5.74) is 11.0. The van der Waals surface area contributed by atoms with Gasteiger partial charge in [-0.3, -0.25) is 9.55 Å². The van der Waals surface area contributed by atoms with Gasteiger partial charge in [-0.05, 0) is 36.6 Å². The molecule has 3 heterocycles. The Morgan fingerprint density at radius 3 is 2.95 bits per heavy atom. The smallest absolute Gasteiger partial charge is 0.202 e. The van der Waals surface area contributed by atoms with Crippen LogP contribution in [0.5, 0.6) is 0 Å². The molecule has 3 rings (SSSR count). The van der Waals surface area contributed by atoms with E-state index in [0.717, 1.165) is 28.8 Å². The van der Waals surface area contributed by atoms with Gasteiger partial charge < -0.3 is 5.73 Å². The number of fused-ring (bicyclic) bond motifs is 1. The third kappa shape index (κ3) is 2.11. The molecule has 102 valence electrons. The molecule has 0 unspecified atom stereocenters. The van der Waals surface area contributed by atoms with Crippen molar-refractivity contribution in [3.05, 3.63) is 47.4 Å². The molecular formula is C15H17N5. The van der Waals surface area contributed by atoms with Gasteiger partial charge in [-0.2, -0.15) is 0 Å². The molecule has 0 spiro atoms. The Hall–Kier alpha value is -2.43. The zero-order chi connectivity index (χ0) is 14.1. The van der Waals surface area contributed by atoms with Crippen molar-refractivity contribution in [2.24, 2.45) is 0 Å². The van der Waals surface area contributed by atoms with E-state index in [2.05, 4.69) is 27.9 Å². The van der Waals surface area contributed by atoms with Crippen molar-refractivity contribution in [2.75, 3.05) is 5.73 Å². The highest BCUT2D eigenvalue weighted by Gasteiger charge is 2.12. The number of aryl methyl sites for hydroxylation is 2. The van der Waals surface area contributed by atoms with Crippen LogP contribution in [-0.2, 0) is 13.0 Å². The van der Waals surface area contributed by atoms with Crippen LogP contribution in [0.25, 0.3) is 11.2 Å². The second-order valence-corrected chi connectivity index (χ2v) is 4.87. The fourth-order valence-electron chi connectivity index (χ4n) is 2.37. The quantitative estimate of drug-likeness (QED) is 0.790. The molecule has 20 heavy (non-hydrogen) atoms. The normalized spacial score (nSPS) is 11.1. The van der Waals surface area contributed by atoms with Gasteiger partial charge in [-0.25, -0.2) is 9.97 Å². The van der Waals surface area contributed by atoms with Crippen LogP contribution < -0.4 is 5.73 Å². The van der Waals surface area contributed by atoms with Crippen molar-refractivity contribution in [3.8, 4) is 0 Å². The maximum atomic E-state index is 6.03. The molecule has 5 nitrogen and oxygen atoms in total. The zero-order valence-electron chi connectivity index (χ0n) is 11.7. The van der Waals surface area contributed by atoms with Crippen LogP contribution in [0.15, 0.2) is 30.6 Å². The maximum absolute atomic E-state index is 6.03. The first-order chi connectivity index (χ1) is 9.69. The number of imidazole rings is 1. The molecule has 0 atom stereocenters. The van der Waals surface area contributed by atoms with Gasteiger partial charge in [-0.15, -0.1) is 0 Å². The van der Waals surface area contributed by atoms with E-state index in [1.54, 1.807) is 6.20 Å². The standard InChI is InChI=1S/C15H17N5/c1-3-11-5-4-6-17-13(11)9-20-14-12(19-15(20)16)7-10(2)8-18-14/h4-8H,3,9H2,1-2H3,(H2,16,19). The molecule has 0 radical (unpaired) electrons. The van der Waals surface area contributed by atoms with E-state index in [0.29, 0.717) is 12.5 Å². The number of hydrogen-bond donors (Lipinski definition) is 1. The molecule has 0 aliphatic rings. The largest absolute Gasteiger partial charge is 0.369 e. The maximum Gasteiger partial charge on any atom is 0.202 e. The predicted molar refractivity (Wildman–Crippen MR) is 79.4 cm³/mol. The van der Waals surface area contributed by atoms with Crippen molar-refractivity contribution >= 4 is 17.1 Å². The molecule has 2 N–H and O–H groups in total. The van der Waals surface area contributed by atoms with E-state index in [4.69, 9.17) is 5.73 Å². The van der Waals surface area contributed by atoms with Crippen LogP contribution in [0.4, 0.5) is 5.95 Å². The minimum atomic E-state index is 0.478. The third-order valence-corrected chi connectivity index (χ3v) is 3.42. The summed E-state index contributed by atoms with van der Waals surface area (Å²) in [6, 6.07) is 6.04. The molecule has 0 saturated carbocycles. The van der Waals surface area contributed by atoms with Crippen molar-refractivity contribution in [1.82, 2.24) is 19.5 Å². The molecule has 5 heteroatoms. The SMILES string of the molecule is CCc1cccnc1Cn1c(N)nc2cc(C)cnc21. The van der Waals surface area contributed by atoms with Gasteiger partial charge in [0.05, 0.1) is 12.2 Å². The average Bonchev–Trinajstić information content (AvgIpc) is 2.75. The molecule has 0 aliphatic carbocycles. The van der Waals surface area contributed by atoms with Gasteiger partial charge in [0.1, 0.15) is 5.52 Å². The Kier molecular flexibility index (Phi) is 3.10. The van der Waals surface area contributed by atoms with E-state index in [1.165, 1.54) is 5.56 Å². The van der Waals surface area contributed by atoms with E-state index in [1.807, 2.05) is 29.8 Å². The highest BCUT2D eigenvalue weighted by atomic mass is 15.2. The number of rotatable bonds is 3. The number of pyridine rings is 2. The Morgan fingerprint density at radius 2 is 2.15 bits per heavy atom. The van der Waals surface area contributed by atoms with Gasteiger partial charge >= 0.3 is 0 Å². The monoisotopic (exact) mass is 267 g/mol. The minimum Gasteiger partial charge on any atom is -0.369 e. The van der Waals surface area contributed by atoms with Gasteiger partial charge in [0.25, 0.3) is 0 Å². The minimum absolute atomic E-state index is 0.478. The van der Waals surface area contributed by atoms with Crippen molar-refractivity contribution < 1.29 is 0 Å². The molecule has 3 aromatic rings. The van der Waals surface area contributed by atoms with Crippen molar-refractivity contribution in [3.63, 3.8) is 0 Å². The second-order valence-electron chi connectivity index (χ2n) is 4.87. The first-order valence-corrected chi connectivity index (χ1v) is 6.70. The van der Waals surface area contributed by atoms with Crippen molar-refractivity contribution in [2.45, 2.75) is 26.8 Å². The Morgan fingerprint density at radius 1 is 1.30 bits per heavy atom. The summed E-state index contributed by atoms with van der Waals surface area (Å²) in [5.74, 6) is 0.478. The summed E-state index contributed by atoms with van der Waals surface area (Å²) >= 11 is 0. The van der Waals surface area contributed by atoms with E-state index < -0.39 is 0 Å². The summed E-state index contributed by atoms with van der Waals surface area (Å²) < 4.78 is 1.91. The zero-order valence-corrected chi connectivity index (χ0v) is 11.7. The Labute approximate surface area is 117 Å². The van der Waals surface area contributed by atoms with Gasteiger partial charge in [0, 0.05) is 12.4 Å². The lowest BCUT2D eigenvalue weighted by Crippen LogP contribution is -2.08. The van der Waals surface area contributed by atoms with Crippen LogP contribution in [0, 0.1) is 6.92 Å². The number of aromatic nitrogens is 4. The predicted octanol–water partition coefficient (Wildman–Crippen LogP) is 2.33. The molecule has 0 amide bonds. The van der Waals surface area contributed by atoms with Crippen molar-refractivity contribution in [1.29, 1.82) is 0 Å².